The first-order valence-electron chi connectivity index (χ1n) is 9.30. The molecule has 0 bridgehead atoms. The van der Waals surface area contributed by atoms with E-state index in [1.165, 1.54) is 0 Å². The third-order valence-electron chi connectivity index (χ3n) is 5.10. The van der Waals surface area contributed by atoms with E-state index >= 15 is 0 Å². The van der Waals surface area contributed by atoms with E-state index in [-0.39, 0.29) is 11.8 Å². The Bertz CT molecular complexity index is 793. The van der Waals surface area contributed by atoms with Gasteiger partial charge < -0.3 is 14.5 Å². The summed E-state index contributed by atoms with van der Waals surface area (Å²) >= 11 is 0. The van der Waals surface area contributed by atoms with Gasteiger partial charge in [0.25, 0.3) is 0 Å². The van der Waals surface area contributed by atoms with Crippen molar-refractivity contribution in [1.29, 1.82) is 0 Å². The Labute approximate surface area is 160 Å². The molecule has 0 aromatic heterocycles. The molecular formula is C22H26N2O3. The second kappa shape index (κ2) is 8.71. The molecule has 5 heteroatoms. The predicted molar refractivity (Wildman–Crippen MR) is 105 cm³/mol. The molecule has 5 nitrogen and oxygen atoms in total. The van der Waals surface area contributed by atoms with Gasteiger partial charge in [-0.2, -0.15) is 0 Å². The standard InChI is InChI=1S/C22H26N2O3/c1-17-5-3-4-6-19(17)16-22(26)24-13-11-23(12-14-24)21(25)15-18-7-9-20(27-2)10-8-18/h3-10H,11-16H2,1-2H3. The van der Waals surface area contributed by atoms with Crippen molar-refractivity contribution in [1.82, 2.24) is 9.80 Å². The number of carbonyl (C=O) groups excluding carboxylic acids is 2. The summed E-state index contributed by atoms with van der Waals surface area (Å²) in [5.41, 5.74) is 3.18. The minimum atomic E-state index is 0.103. The number of carbonyl (C=O) groups is 2. The zero-order valence-corrected chi connectivity index (χ0v) is 16.0. The zero-order chi connectivity index (χ0) is 19.2. The number of methoxy groups -OCH3 is 1. The molecule has 0 atom stereocenters. The second-order valence-corrected chi connectivity index (χ2v) is 6.89. The van der Waals surface area contributed by atoms with Crippen molar-refractivity contribution < 1.29 is 14.3 Å². The highest BCUT2D eigenvalue weighted by Crippen LogP contribution is 2.14. The van der Waals surface area contributed by atoms with Gasteiger partial charge in [0, 0.05) is 26.2 Å². The molecule has 1 heterocycles. The molecule has 0 spiro atoms. The van der Waals surface area contributed by atoms with Crippen molar-refractivity contribution in [3.8, 4) is 5.75 Å². The summed E-state index contributed by atoms with van der Waals surface area (Å²) in [6, 6.07) is 15.5. The number of piperazine rings is 1. The van der Waals surface area contributed by atoms with Crippen molar-refractivity contribution in [2.75, 3.05) is 33.3 Å². The first-order valence-corrected chi connectivity index (χ1v) is 9.30. The summed E-state index contributed by atoms with van der Waals surface area (Å²) in [5.74, 6) is 1.02. The smallest absolute Gasteiger partial charge is 0.227 e. The molecule has 0 N–H and O–H groups in total. The van der Waals surface area contributed by atoms with Crippen LogP contribution in [-0.2, 0) is 22.4 Å². The molecule has 1 saturated heterocycles. The number of benzene rings is 2. The lowest BCUT2D eigenvalue weighted by atomic mass is 10.1. The van der Waals surface area contributed by atoms with E-state index in [0.717, 1.165) is 22.4 Å². The molecular weight excluding hydrogens is 340 g/mol. The maximum atomic E-state index is 12.6. The van der Waals surface area contributed by atoms with E-state index in [9.17, 15) is 9.59 Å². The fourth-order valence-electron chi connectivity index (χ4n) is 3.32. The molecule has 3 rings (SSSR count). The fourth-order valence-corrected chi connectivity index (χ4v) is 3.32. The van der Waals surface area contributed by atoms with Gasteiger partial charge in [-0.1, -0.05) is 36.4 Å². The van der Waals surface area contributed by atoms with Crippen molar-refractivity contribution in [2.24, 2.45) is 0 Å². The molecule has 1 aliphatic rings. The van der Waals surface area contributed by atoms with E-state index in [1.54, 1.807) is 7.11 Å². The van der Waals surface area contributed by atoms with Crippen LogP contribution in [-0.4, -0.2) is 54.9 Å². The molecule has 2 aromatic rings. The number of hydrogen-bond acceptors (Lipinski definition) is 3. The molecule has 0 aliphatic carbocycles. The first kappa shape index (κ1) is 19.0. The van der Waals surface area contributed by atoms with E-state index in [2.05, 4.69) is 0 Å². The number of amides is 2. The summed E-state index contributed by atoms with van der Waals surface area (Å²) in [7, 11) is 1.63. The predicted octanol–water partition coefficient (Wildman–Crippen LogP) is 2.46. The highest BCUT2D eigenvalue weighted by molar-refractivity contribution is 5.81. The van der Waals surface area contributed by atoms with Crippen LogP contribution in [0.1, 0.15) is 16.7 Å². The maximum Gasteiger partial charge on any atom is 0.227 e. The molecule has 0 saturated carbocycles. The Kier molecular flexibility index (Phi) is 6.12. The topological polar surface area (TPSA) is 49.9 Å². The minimum Gasteiger partial charge on any atom is -0.497 e. The van der Waals surface area contributed by atoms with Gasteiger partial charge in [0.15, 0.2) is 0 Å². The summed E-state index contributed by atoms with van der Waals surface area (Å²) in [5, 5.41) is 0. The molecule has 142 valence electrons. The molecule has 2 amide bonds. The Balaban J connectivity index is 1.49. The van der Waals surface area contributed by atoms with Gasteiger partial charge in [0.05, 0.1) is 20.0 Å². The highest BCUT2D eigenvalue weighted by atomic mass is 16.5. The quantitative estimate of drug-likeness (QED) is 0.817. The van der Waals surface area contributed by atoms with Gasteiger partial charge in [-0.15, -0.1) is 0 Å². The molecule has 0 radical (unpaired) electrons. The van der Waals surface area contributed by atoms with Gasteiger partial charge in [-0.25, -0.2) is 0 Å². The lowest BCUT2D eigenvalue weighted by Gasteiger charge is -2.35. The Morgan fingerprint density at radius 1 is 0.852 bits per heavy atom. The van der Waals surface area contributed by atoms with E-state index in [1.807, 2.05) is 65.3 Å². The third-order valence-corrected chi connectivity index (χ3v) is 5.10. The number of aryl methyl sites for hydroxylation is 1. The molecule has 0 unspecified atom stereocenters. The Hall–Kier alpha value is -2.82. The van der Waals surface area contributed by atoms with E-state index in [4.69, 9.17) is 4.74 Å². The molecule has 1 aliphatic heterocycles. The SMILES string of the molecule is COc1ccc(CC(=O)N2CCN(C(=O)Cc3ccccc3C)CC2)cc1. The summed E-state index contributed by atoms with van der Waals surface area (Å²) in [4.78, 5) is 28.8. The maximum absolute atomic E-state index is 12.6. The fraction of sp³-hybridized carbons (Fsp3) is 0.364. The zero-order valence-electron chi connectivity index (χ0n) is 16.0. The van der Waals surface area contributed by atoms with E-state index < -0.39 is 0 Å². The van der Waals surface area contributed by atoms with Crippen LogP contribution in [0.4, 0.5) is 0 Å². The summed E-state index contributed by atoms with van der Waals surface area (Å²) < 4.78 is 5.14. The van der Waals surface area contributed by atoms with Crippen LogP contribution < -0.4 is 4.74 Å². The monoisotopic (exact) mass is 366 g/mol. The van der Waals surface area contributed by atoms with Crippen LogP contribution in [0.3, 0.4) is 0 Å². The van der Waals surface area contributed by atoms with Crippen LogP contribution in [0.25, 0.3) is 0 Å². The van der Waals surface area contributed by atoms with Gasteiger partial charge in [-0.3, -0.25) is 9.59 Å². The van der Waals surface area contributed by atoms with Gasteiger partial charge in [0.1, 0.15) is 5.75 Å². The van der Waals surface area contributed by atoms with Crippen LogP contribution in [0.5, 0.6) is 5.75 Å². The van der Waals surface area contributed by atoms with Gasteiger partial charge in [-0.05, 0) is 35.7 Å². The Morgan fingerprint density at radius 3 is 1.96 bits per heavy atom. The first-order chi connectivity index (χ1) is 13.1. The van der Waals surface area contributed by atoms with Crippen molar-refractivity contribution in [3.05, 3.63) is 65.2 Å². The number of nitrogens with zero attached hydrogens (tertiary/aromatic N) is 2. The van der Waals surface area contributed by atoms with Crippen molar-refractivity contribution in [2.45, 2.75) is 19.8 Å². The average molecular weight is 366 g/mol. The minimum absolute atomic E-state index is 0.103. The number of rotatable bonds is 5. The number of ether oxygens (including phenoxy) is 1. The normalized spacial score (nSPS) is 14.1. The largest absolute Gasteiger partial charge is 0.497 e. The Morgan fingerprint density at radius 2 is 1.41 bits per heavy atom. The summed E-state index contributed by atoms with van der Waals surface area (Å²) in [6.45, 7) is 4.40. The van der Waals surface area contributed by atoms with Crippen LogP contribution in [0.2, 0.25) is 0 Å². The van der Waals surface area contributed by atoms with Crippen molar-refractivity contribution in [3.63, 3.8) is 0 Å². The highest BCUT2D eigenvalue weighted by Gasteiger charge is 2.24. The van der Waals surface area contributed by atoms with Crippen molar-refractivity contribution >= 4 is 11.8 Å². The van der Waals surface area contributed by atoms with E-state index in [0.29, 0.717) is 39.0 Å². The average Bonchev–Trinajstić information content (AvgIpc) is 2.70. The number of hydrogen-bond donors (Lipinski definition) is 0. The molecule has 27 heavy (non-hydrogen) atoms. The summed E-state index contributed by atoms with van der Waals surface area (Å²) in [6.07, 6.45) is 0.799. The van der Waals surface area contributed by atoms with Crippen LogP contribution >= 0.6 is 0 Å². The van der Waals surface area contributed by atoms with Crippen LogP contribution in [0.15, 0.2) is 48.5 Å². The molecule has 1 fully saturated rings. The third kappa shape index (κ3) is 4.88. The lowest BCUT2D eigenvalue weighted by molar-refractivity contribution is -0.138. The van der Waals surface area contributed by atoms with Gasteiger partial charge in [0.2, 0.25) is 11.8 Å². The second-order valence-electron chi connectivity index (χ2n) is 6.89. The lowest BCUT2D eigenvalue weighted by Crippen LogP contribution is -2.51. The van der Waals surface area contributed by atoms with Crippen LogP contribution in [0, 0.1) is 6.92 Å². The van der Waals surface area contributed by atoms with Gasteiger partial charge >= 0.3 is 0 Å². The molecule has 2 aromatic carbocycles.